The van der Waals surface area contributed by atoms with Gasteiger partial charge in [-0.2, -0.15) is 0 Å². The summed E-state index contributed by atoms with van der Waals surface area (Å²) in [6, 6.07) is 17.4. The second-order valence-electron chi connectivity index (χ2n) is 10.2. The van der Waals surface area contributed by atoms with E-state index in [-0.39, 0.29) is 22.2 Å². The lowest BCUT2D eigenvalue weighted by atomic mass is 10.2. The predicted molar refractivity (Wildman–Crippen MR) is 164 cm³/mol. The summed E-state index contributed by atoms with van der Waals surface area (Å²) in [6.45, 7) is 8.66. The van der Waals surface area contributed by atoms with Crippen molar-refractivity contribution in [3.8, 4) is 11.5 Å². The van der Waals surface area contributed by atoms with Crippen LogP contribution in [0, 0.1) is 0 Å². The van der Waals surface area contributed by atoms with E-state index in [1.807, 2.05) is 4.90 Å². The maximum atomic E-state index is 13.2. The van der Waals surface area contributed by atoms with E-state index in [9.17, 15) is 13.2 Å². The smallest absolute Gasteiger partial charge is 0.262 e. The number of nitrogens with one attached hydrogen (secondary N) is 1. The molecule has 42 heavy (non-hydrogen) atoms. The van der Waals surface area contributed by atoms with Gasteiger partial charge in [-0.15, -0.1) is 0 Å². The fourth-order valence-corrected chi connectivity index (χ4v) is 6.51. The molecule has 12 heteroatoms. The Morgan fingerprint density at radius 1 is 0.833 bits per heavy atom. The van der Waals surface area contributed by atoms with Crippen LogP contribution in [0.1, 0.15) is 16.8 Å². The zero-order chi connectivity index (χ0) is 29.5. The molecule has 224 valence electrons. The summed E-state index contributed by atoms with van der Waals surface area (Å²) >= 11 is 12.2. The number of anilines is 1. The molecule has 3 aromatic carbocycles. The molecule has 9 nitrogen and oxygen atoms in total. The first-order valence-corrected chi connectivity index (χ1v) is 16.2. The number of halogens is 2. The summed E-state index contributed by atoms with van der Waals surface area (Å²) in [7, 11) is -3.96. The molecule has 0 radical (unpaired) electrons. The van der Waals surface area contributed by atoms with Gasteiger partial charge in [0.15, 0.2) is 5.75 Å². The van der Waals surface area contributed by atoms with Crippen LogP contribution in [0.2, 0.25) is 10.0 Å². The monoisotopic (exact) mass is 632 g/mol. The van der Waals surface area contributed by atoms with Crippen LogP contribution in [-0.2, 0) is 14.8 Å². The summed E-state index contributed by atoms with van der Waals surface area (Å²) in [5.74, 6) is 0.514. The number of carbonyl (C=O) groups is 1. The molecule has 2 heterocycles. The van der Waals surface area contributed by atoms with Crippen molar-refractivity contribution >= 4 is 44.8 Å². The lowest BCUT2D eigenvalue weighted by Gasteiger charge is -2.35. The molecular formula is C30H34Cl2N4O5S. The molecule has 0 aromatic heterocycles. The van der Waals surface area contributed by atoms with Gasteiger partial charge in [0, 0.05) is 49.9 Å². The molecule has 2 saturated heterocycles. The van der Waals surface area contributed by atoms with Gasteiger partial charge in [0.1, 0.15) is 5.75 Å². The Morgan fingerprint density at radius 3 is 2.19 bits per heavy atom. The predicted octanol–water partition coefficient (Wildman–Crippen LogP) is 5.07. The molecule has 0 atom stereocenters. The van der Waals surface area contributed by atoms with Crippen molar-refractivity contribution in [1.29, 1.82) is 0 Å². The number of para-hydroxylation sites is 2. The molecule has 3 aromatic rings. The summed E-state index contributed by atoms with van der Waals surface area (Å²) in [5, 5.41) is 0.756. The summed E-state index contributed by atoms with van der Waals surface area (Å²) < 4.78 is 40.3. The van der Waals surface area contributed by atoms with Crippen molar-refractivity contribution in [3.63, 3.8) is 0 Å². The van der Waals surface area contributed by atoms with Gasteiger partial charge in [-0.25, -0.2) is 8.42 Å². The largest absolute Gasteiger partial charge is 0.454 e. The minimum atomic E-state index is -3.96. The zero-order valence-electron chi connectivity index (χ0n) is 23.2. The molecule has 2 fully saturated rings. The van der Waals surface area contributed by atoms with Gasteiger partial charge >= 0.3 is 0 Å². The van der Waals surface area contributed by atoms with Crippen LogP contribution in [0.25, 0.3) is 0 Å². The van der Waals surface area contributed by atoms with E-state index in [1.54, 1.807) is 54.6 Å². The highest BCUT2D eigenvalue weighted by Crippen LogP contribution is 2.35. The van der Waals surface area contributed by atoms with Crippen LogP contribution in [0.4, 0.5) is 5.69 Å². The Morgan fingerprint density at radius 2 is 1.50 bits per heavy atom. The second-order valence-corrected chi connectivity index (χ2v) is 12.8. The number of morpholine rings is 1. The van der Waals surface area contributed by atoms with Gasteiger partial charge in [0.25, 0.3) is 15.9 Å². The highest BCUT2D eigenvalue weighted by atomic mass is 35.5. The lowest BCUT2D eigenvalue weighted by molar-refractivity contribution is 0.0349. The standard InChI is InChI=1S/C30H34Cl2N4O5S/c31-24-8-11-28(26(32)22-24)41-29-5-2-1-4-27(29)33-42(38,39)25-9-6-23(7-10-25)30(37)36-16-14-34(15-17-36)12-3-13-35-18-20-40-21-19-35/h1-2,4-11,22,33H,3,12-21H2. The first kappa shape index (κ1) is 30.6. The number of rotatable bonds is 10. The van der Waals surface area contributed by atoms with E-state index in [2.05, 4.69) is 14.5 Å². The second kappa shape index (κ2) is 14.1. The summed E-state index contributed by atoms with van der Waals surface area (Å²) in [4.78, 5) is 19.8. The lowest BCUT2D eigenvalue weighted by Crippen LogP contribution is -2.49. The minimum Gasteiger partial charge on any atom is -0.454 e. The third-order valence-electron chi connectivity index (χ3n) is 7.37. The van der Waals surface area contributed by atoms with E-state index < -0.39 is 10.0 Å². The first-order chi connectivity index (χ1) is 20.3. The van der Waals surface area contributed by atoms with Gasteiger partial charge < -0.3 is 14.4 Å². The molecule has 2 aliphatic rings. The number of benzene rings is 3. The number of nitrogens with zero attached hydrogens (tertiary/aromatic N) is 3. The van der Waals surface area contributed by atoms with Crippen LogP contribution in [0.5, 0.6) is 11.5 Å². The fourth-order valence-electron chi connectivity index (χ4n) is 5.00. The molecule has 1 amide bonds. The third-order valence-corrected chi connectivity index (χ3v) is 9.28. The third kappa shape index (κ3) is 7.94. The first-order valence-electron chi connectivity index (χ1n) is 13.9. The van der Waals surface area contributed by atoms with Crippen molar-refractivity contribution in [2.45, 2.75) is 11.3 Å². The zero-order valence-corrected chi connectivity index (χ0v) is 25.5. The molecule has 2 aliphatic heterocycles. The van der Waals surface area contributed by atoms with E-state index >= 15 is 0 Å². The van der Waals surface area contributed by atoms with Gasteiger partial charge in [-0.05, 0) is 74.1 Å². The SMILES string of the molecule is O=C(c1ccc(S(=O)(=O)Nc2ccccc2Oc2ccc(Cl)cc2Cl)cc1)N1CCN(CCCN2CCOCC2)CC1. The van der Waals surface area contributed by atoms with Crippen LogP contribution in [0.15, 0.2) is 71.6 Å². The molecule has 0 bridgehead atoms. The topological polar surface area (TPSA) is 91.4 Å². The van der Waals surface area contributed by atoms with Crippen LogP contribution in [-0.4, -0.2) is 94.6 Å². The Hall–Kier alpha value is -2.86. The van der Waals surface area contributed by atoms with Crippen molar-refractivity contribution in [2.75, 3.05) is 70.3 Å². The number of amides is 1. The molecule has 0 saturated carbocycles. The molecule has 0 unspecified atom stereocenters. The maximum absolute atomic E-state index is 13.2. The Labute approximate surface area is 256 Å². The van der Waals surface area contributed by atoms with E-state index in [0.717, 1.165) is 58.9 Å². The normalized spacial score (nSPS) is 16.8. The number of carbonyl (C=O) groups excluding carboxylic acids is 1. The Balaban J connectivity index is 1.15. The van der Waals surface area contributed by atoms with Gasteiger partial charge in [-0.1, -0.05) is 35.3 Å². The van der Waals surface area contributed by atoms with Crippen LogP contribution < -0.4 is 9.46 Å². The highest BCUT2D eigenvalue weighted by Gasteiger charge is 2.23. The number of piperazine rings is 1. The van der Waals surface area contributed by atoms with Crippen molar-refractivity contribution in [2.24, 2.45) is 0 Å². The quantitative estimate of drug-likeness (QED) is 0.334. The van der Waals surface area contributed by atoms with E-state index in [4.69, 9.17) is 32.7 Å². The van der Waals surface area contributed by atoms with Gasteiger partial charge in [0.2, 0.25) is 0 Å². The van der Waals surface area contributed by atoms with Gasteiger partial charge in [-0.3, -0.25) is 19.3 Å². The molecular weight excluding hydrogens is 599 g/mol. The molecule has 0 aliphatic carbocycles. The minimum absolute atomic E-state index is 0.0310. The fraction of sp³-hybridized carbons (Fsp3) is 0.367. The number of sulfonamides is 1. The maximum Gasteiger partial charge on any atom is 0.262 e. The average molecular weight is 634 g/mol. The highest BCUT2D eigenvalue weighted by molar-refractivity contribution is 7.92. The molecule has 0 spiro atoms. The summed E-state index contributed by atoms with van der Waals surface area (Å²) in [5.41, 5.74) is 0.697. The van der Waals surface area contributed by atoms with E-state index in [0.29, 0.717) is 34.4 Å². The van der Waals surface area contributed by atoms with Crippen molar-refractivity contribution in [3.05, 3.63) is 82.3 Å². The molecule has 5 rings (SSSR count). The van der Waals surface area contributed by atoms with Gasteiger partial charge in [0.05, 0.1) is 28.8 Å². The van der Waals surface area contributed by atoms with Crippen LogP contribution in [0.3, 0.4) is 0 Å². The average Bonchev–Trinajstić information content (AvgIpc) is 3.00. The summed E-state index contributed by atoms with van der Waals surface area (Å²) in [6.07, 6.45) is 1.10. The van der Waals surface area contributed by atoms with Crippen molar-refractivity contribution < 1.29 is 22.7 Å². The Kier molecular flexibility index (Phi) is 10.3. The van der Waals surface area contributed by atoms with Crippen LogP contribution >= 0.6 is 23.2 Å². The Bertz CT molecular complexity index is 1480. The number of ether oxygens (including phenoxy) is 2. The molecule has 1 N–H and O–H groups in total. The number of hydrogen-bond acceptors (Lipinski definition) is 7. The van der Waals surface area contributed by atoms with E-state index in [1.165, 1.54) is 12.1 Å². The van der Waals surface area contributed by atoms with Crippen molar-refractivity contribution in [1.82, 2.24) is 14.7 Å². The number of hydrogen-bond donors (Lipinski definition) is 1.